The van der Waals surface area contributed by atoms with Crippen molar-refractivity contribution in [3.63, 3.8) is 0 Å². The van der Waals surface area contributed by atoms with Crippen molar-refractivity contribution in [3.8, 4) is 11.8 Å². The smallest absolute Gasteiger partial charge is 0.265 e. The molecule has 1 saturated carbocycles. The predicted octanol–water partition coefficient (Wildman–Crippen LogP) is 6.19. The summed E-state index contributed by atoms with van der Waals surface area (Å²) >= 11 is 0. The van der Waals surface area contributed by atoms with Crippen LogP contribution in [0.3, 0.4) is 0 Å². The number of hydrogen-bond acceptors (Lipinski definition) is 2. The zero-order chi connectivity index (χ0) is 20.1. The molecule has 0 unspecified atom stereocenters. The lowest BCUT2D eigenvalue weighted by atomic mass is 9.78. The molecule has 0 amide bonds. The van der Waals surface area contributed by atoms with Crippen molar-refractivity contribution in [2.24, 2.45) is 0 Å². The molecular weight excluding hydrogens is 358 g/mol. The van der Waals surface area contributed by atoms with Crippen LogP contribution in [-0.4, -0.2) is 10.2 Å². The number of rotatable bonds is 3. The van der Waals surface area contributed by atoms with Crippen LogP contribution in [0, 0.1) is 17.9 Å². The topological polar surface area (TPSA) is 42.3 Å². The van der Waals surface area contributed by atoms with Crippen molar-refractivity contribution >= 4 is 6.08 Å². The normalized spacial score (nSPS) is 19.9. The van der Waals surface area contributed by atoms with Crippen molar-refractivity contribution in [2.75, 3.05) is 0 Å². The van der Waals surface area contributed by atoms with Gasteiger partial charge in [0.1, 0.15) is 11.4 Å². The molecular formula is C25H23N3O. The Morgan fingerprint density at radius 2 is 1.83 bits per heavy atom. The zero-order valence-corrected chi connectivity index (χ0v) is 16.3. The highest BCUT2D eigenvalue weighted by Crippen LogP contribution is 2.42. The van der Waals surface area contributed by atoms with Gasteiger partial charge in [-0.25, -0.2) is 10.1 Å². The van der Waals surface area contributed by atoms with Gasteiger partial charge < -0.3 is 9.30 Å². The summed E-state index contributed by atoms with van der Waals surface area (Å²) in [5.41, 5.74) is 2.90. The van der Waals surface area contributed by atoms with Gasteiger partial charge in [-0.2, -0.15) is 0 Å². The van der Waals surface area contributed by atoms with Crippen LogP contribution in [0.4, 0.5) is 0 Å². The number of hydrogen-bond donors (Lipinski definition) is 0. The molecule has 4 rings (SSSR count). The summed E-state index contributed by atoms with van der Waals surface area (Å²) in [5.74, 6) is 0.735. The van der Waals surface area contributed by atoms with Gasteiger partial charge in [-0.1, -0.05) is 24.6 Å². The first-order valence-electron chi connectivity index (χ1n) is 10.0. The Kier molecular flexibility index (Phi) is 5.36. The third-order valence-electron chi connectivity index (χ3n) is 5.69. The van der Waals surface area contributed by atoms with Crippen molar-refractivity contribution in [1.82, 2.24) is 4.57 Å². The van der Waals surface area contributed by atoms with E-state index < -0.39 is 0 Å². The summed E-state index contributed by atoms with van der Waals surface area (Å²) in [6.07, 6.45) is 16.0. The number of benzene rings is 1. The van der Waals surface area contributed by atoms with E-state index in [-0.39, 0.29) is 11.3 Å². The van der Waals surface area contributed by atoms with E-state index in [9.17, 15) is 5.26 Å². The average molecular weight is 381 g/mol. The SMILES string of the molecule is [C-]#[N+]C(C#N)=C1C=C(C=Cc2ccc(-n3cccc3)cc2)OC2(CCCCC2)C1. The Morgan fingerprint density at radius 1 is 1.10 bits per heavy atom. The van der Waals surface area contributed by atoms with Crippen LogP contribution in [-0.2, 0) is 4.74 Å². The van der Waals surface area contributed by atoms with E-state index in [2.05, 4.69) is 39.7 Å². The molecule has 0 atom stereocenters. The molecule has 29 heavy (non-hydrogen) atoms. The van der Waals surface area contributed by atoms with Crippen LogP contribution in [0.15, 0.2) is 78.0 Å². The van der Waals surface area contributed by atoms with Gasteiger partial charge in [0.05, 0.1) is 12.6 Å². The molecule has 144 valence electrons. The number of aromatic nitrogens is 1. The van der Waals surface area contributed by atoms with Crippen LogP contribution in [0.2, 0.25) is 0 Å². The number of ether oxygens (including phenoxy) is 1. The minimum atomic E-state index is -0.271. The quantitative estimate of drug-likeness (QED) is 0.469. The molecule has 4 nitrogen and oxygen atoms in total. The fraction of sp³-hybridized carbons (Fsp3) is 0.280. The van der Waals surface area contributed by atoms with Gasteiger partial charge in [-0.3, -0.25) is 0 Å². The molecule has 2 aromatic rings. The van der Waals surface area contributed by atoms with Gasteiger partial charge >= 0.3 is 0 Å². The van der Waals surface area contributed by atoms with E-state index in [1.165, 1.54) is 6.42 Å². The van der Waals surface area contributed by atoms with Crippen molar-refractivity contribution in [2.45, 2.75) is 44.1 Å². The van der Waals surface area contributed by atoms with E-state index in [4.69, 9.17) is 11.3 Å². The number of nitrogens with zero attached hydrogens (tertiary/aromatic N) is 3. The molecule has 2 aliphatic rings. The van der Waals surface area contributed by atoms with E-state index in [0.717, 1.165) is 48.3 Å². The van der Waals surface area contributed by atoms with Crippen molar-refractivity contribution in [1.29, 1.82) is 5.26 Å². The van der Waals surface area contributed by atoms with Gasteiger partial charge in [0.15, 0.2) is 0 Å². The lowest BCUT2D eigenvalue weighted by Crippen LogP contribution is -2.37. The maximum atomic E-state index is 9.35. The standard InChI is InChI=1S/C25H23N3O/c1-27-24(19-26)21-17-23(29-25(18-21)13-3-2-4-14-25)12-9-20-7-10-22(11-8-20)28-15-5-6-16-28/h5-12,15-17H,2-4,13-14,18H2. The van der Waals surface area contributed by atoms with E-state index >= 15 is 0 Å². The zero-order valence-electron chi connectivity index (χ0n) is 16.3. The highest BCUT2D eigenvalue weighted by atomic mass is 16.5. The summed E-state index contributed by atoms with van der Waals surface area (Å²) in [7, 11) is 0. The number of nitriles is 1. The molecule has 2 heterocycles. The van der Waals surface area contributed by atoms with E-state index in [0.29, 0.717) is 6.42 Å². The highest BCUT2D eigenvalue weighted by Gasteiger charge is 2.38. The lowest BCUT2D eigenvalue weighted by Gasteiger charge is -2.41. The first-order valence-corrected chi connectivity index (χ1v) is 10.0. The molecule has 1 spiro atoms. The van der Waals surface area contributed by atoms with Crippen molar-refractivity contribution in [3.05, 3.63) is 95.0 Å². The average Bonchev–Trinajstić information content (AvgIpc) is 3.29. The Hall–Kier alpha value is -3.50. The Morgan fingerprint density at radius 3 is 2.48 bits per heavy atom. The van der Waals surface area contributed by atoms with Crippen LogP contribution in [0.1, 0.15) is 44.1 Å². The molecule has 0 N–H and O–H groups in total. The first kappa shape index (κ1) is 18.8. The van der Waals surface area contributed by atoms with E-state index in [1.807, 2.05) is 42.8 Å². The molecule has 0 saturated heterocycles. The van der Waals surface area contributed by atoms with Gasteiger partial charge in [0, 0.05) is 24.5 Å². The van der Waals surface area contributed by atoms with Gasteiger partial charge in [-0.15, -0.1) is 0 Å². The summed E-state index contributed by atoms with van der Waals surface area (Å²) < 4.78 is 8.48. The maximum Gasteiger partial charge on any atom is 0.265 e. The van der Waals surface area contributed by atoms with Crippen LogP contribution in [0.5, 0.6) is 0 Å². The van der Waals surface area contributed by atoms with Gasteiger partial charge in [-0.05, 0) is 73.2 Å². The third kappa shape index (κ3) is 4.18. The molecule has 1 aromatic heterocycles. The van der Waals surface area contributed by atoms with Crippen LogP contribution < -0.4 is 0 Å². The Bertz CT molecular complexity index is 1020. The summed E-state index contributed by atoms with van der Waals surface area (Å²) in [6, 6.07) is 14.4. The molecule has 1 aliphatic heterocycles. The minimum absolute atomic E-state index is 0.181. The third-order valence-corrected chi connectivity index (χ3v) is 5.69. The molecule has 1 fully saturated rings. The summed E-state index contributed by atoms with van der Waals surface area (Å²) in [5, 5.41) is 9.35. The van der Waals surface area contributed by atoms with Gasteiger partial charge in [0.25, 0.3) is 5.70 Å². The largest absolute Gasteiger partial charge is 0.487 e. The van der Waals surface area contributed by atoms with Gasteiger partial charge in [0.2, 0.25) is 0 Å². The lowest BCUT2D eigenvalue weighted by molar-refractivity contribution is -0.0285. The molecule has 1 aliphatic carbocycles. The monoisotopic (exact) mass is 381 g/mol. The second kappa shape index (κ2) is 8.25. The predicted molar refractivity (Wildman–Crippen MR) is 114 cm³/mol. The minimum Gasteiger partial charge on any atom is -0.487 e. The second-order valence-electron chi connectivity index (χ2n) is 7.68. The molecule has 0 bridgehead atoms. The van der Waals surface area contributed by atoms with Crippen molar-refractivity contribution < 1.29 is 4.74 Å². The highest BCUT2D eigenvalue weighted by molar-refractivity contribution is 5.55. The summed E-state index contributed by atoms with van der Waals surface area (Å²) in [6.45, 7) is 7.33. The van der Waals surface area contributed by atoms with Crippen LogP contribution >= 0.6 is 0 Å². The van der Waals surface area contributed by atoms with E-state index in [1.54, 1.807) is 0 Å². The Balaban J connectivity index is 1.59. The fourth-order valence-corrected chi connectivity index (χ4v) is 4.21. The molecule has 4 heteroatoms. The number of allylic oxidation sites excluding steroid dienone is 3. The maximum absolute atomic E-state index is 9.35. The molecule has 0 radical (unpaired) electrons. The summed E-state index contributed by atoms with van der Waals surface area (Å²) in [4.78, 5) is 3.44. The molecule has 1 aromatic carbocycles. The first-order chi connectivity index (χ1) is 14.2. The Labute approximate surface area is 171 Å². The second-order valence-corrected chi connectivity index (χ2v) is 7.68. The fourth-order valence-electron chi connectivity index (χ4n) is 4.21. The van der Waals surface area contributed by atoms with Crippen LogP contribution in [0.25, 0.3) is 16.6 Å².